The fourth-order valence-electron chi connectivity index (χ4n) is 1.71. The highest BCUT2D eigenvalue weighted by Crippen LogP contribution is 2.20. The number of hydrogen-bond acceptors (Lipinski definition) is 2. The molecule has 0 bridgehead atoms. The summed E-state index contributed by atoms with van der Waals surface area (Å²) >= 11 is 5.92. The van der Waals surface area contributed by atoms with Crippen molar-refractivity contribution in [2.75, 3.05) is 5.32 Å². The molecule has 0 aliphatic rings. The monoisotopic (exact) mass is 243 g/mol. The number of pyridine rings is 1. The zero-order valence-corrected chi connectivity index (χ0v) is 9.70. The van der Waals surface area contributed by atoms with Gasteiger partial charge in [-0.05, 0) is 36.4 Å². The molecule has 0 radical (unpaired) electrons. The zero-order valence-electron chi connectivity index (χ0n) is 8.94. The predicted molar refractivity (Wildman–Crippen MR) is 70.8 cm³/mol. The number of halogens is 1. The van der Waals surface area contributed by atoms with E-state index < -0.39 is 0 Å². The van der Waals surface area contributed by atoms with Crippen molar-refractivity contribution in [1.82, 2.24) is 9.97 Å². The summed E-state index contributed by atoms with van der Waals surface area (Å²) in [4.78, 5) is 7.53. The van der Waals surface area contributed by atoms with Crippen LogP contribution >= 0.6 is 11.6 Å². The van der Waals surface area contributed by atoms with Crippen LogP contribution < -0.4 is 5.32 Å². The van der Waals surface area contributed by atoms with Gasteiger partial charge < -0.3 is 10.3 Å². The molecule has 0 aliphatic heterocycles. The second kappa shape index (κ2) is 4.11. The lowest BCUT2D eigenvalue weighted by Crippen LogP contribution is -1.93. The molecule has 0 amide bonds. The van der Waals surface area contributed by atoms with Gasteiger partial charge in [-0.15, -0.1) is 0 Å². The highest BCUT2D eigenvalue weighted by Gasteiger charge is 1.99. The second-order valence-electron chi connectivity index (χ2n) is 3.75. The Hall–Kier alpha value is -2.00. The standard InChI is InChI=1S/C13H10ClN3/c14-10-2-1-3-11(8-10)16-12-5-4-9-6-7-15-13(9)17-12/h1-8H,(H2,15,16,17). The maximum Gasteiger partial charge on any atom is 0.139 e. The number of benzene rings is 1. The lowest BCUT2D eigenvalue weighted by atomic mass is 10.3. The minimum Gasteiger partial charge on any atom is -0.346 e. The van der Waals surface area contributed by atoms with E-state index in [0.29, 0.717) is 5.02 Å². The first-order chi connectivity index (χ1) is 8.31. The number of H-pyrrole nitrogens is 1. The van der Waals surface area contributed by atoms with Crippen LogP contribution in [0.3, 0.4) is 0 Å². The molecule has 0 unspecified atom stereocenters. The summed E-state index contributed by atoms with van der Waals surface area (Å²) < 4.78 is 0. The van der Waals surface area contributed by atoms with Crippen molar-refractivity contribution in [2.45, 2.75) is 0 Å². The number of fused-ring (bicyclic) bond motifs is 1. The summed E-state index contributed by atoms with van der Waals surface area (Å²) in [5, 5.41) is 5.01. The molecule has 0 saturated heterocycles. The first-order valence-electron chi connectivity index (χ1n) is 5.28. The number of rotatable bonds is 2. The Morgan fingerprint density at radius 2 is 2.06 bits per heavy atom. The summed E-state index contributed by atoms with van der Waals surface area (Å²) in [7, 11) is 0. The van der Waals surface area contributed by atoms with Crippen molar-refractivity contribution in [2.24, 2.45) is 0 Å². The molecule has 0 saturated carbocycles. The summed E-state index contributed by atoms with van der Waals surface area (Å²) in [5.41, 5.74) is 1.80. The maximum atomic E-state index is 5.92. The molecule has 3 rings (SSSR count). The van der Waals surface area contributed by atoms with E-state index in [-0.39, 0.29) is 0 Å². The summed E-state index contributed by atoms with van der Waals surface area (Å²) in [5.74, 6) is 0.794. The van der Waals surface area contributed by atoms with Gasteiger partial charge in [-0.3, -0.25) is 0 Å². The fourth-order valence-corrected chi connectivity index (χ4v) is 1.90. The highest BCUT2D eigenvalue weighted by atomic mass is 35.5. The van der Waals surface area contributed by atoms with Crippen LogP contribution in [0.15, 0.2) is 48.7 Å². The predicted octanol–water partition coefficient (Wildman–Crippen LogP) is 3.96. The van der Waals surface area contributed by atoms with Gasteiger partial charge in [0.25, 0.3) is 0 Å². The van der Waals surface area contributed by atoms with Crippen molar-refractivity contribution >= 4 is 34.1 Å². The lowest BCUT2D eigenvalue weighted by Gasteiger charge is -2.05. The van der Waals surface area contributed by atoms with Gasteiger partial charge >= 0.3 is 0 Å². The van der Waals surface area contributed by atoms with Crippen LogP contribution in [0, 0.1) is 0 Å². The van der Waals surface area contributed by atoms with E-state index in [0.717, 1.165) is 22.5 Å². The van der Waals surface area contributed by atoms with Crippen LogP contribution in [-0.4, -0.2) is 9.97 Å². The number of hydrogen-bond donors (Lipinski definition) is 2. The topological polar surface area (TPSA) is 40.7 Å². The van der Waals surface area contributed by atoms with Gasteiger partial charge in [0.15, 0.2) is 0 Å². The average Bonchev–Trinajstić information content (AvgIpc) is 2.76. The van der Waals surface area contributed by atoms with Gasteiger partial charge in [-0.25, -0.2) is 4.98 Å². The molecule has 17 heavy (non-hydrogen) atoms. The SMILES string of the molecule is Clc1cccc(Nc2ccc3cc[nH]c3n2)c1. The second-order valence-corrected chi connectivity index (χ2v) is 4.18. The van der Waals surface area contributed by atoms with Gasteiger partial charge in [0.1, 0.15) is 11.5 Å². The molecule has 0 fully saturated rings. The normalized spacial score (nSPS) is 10.6. The van der Waals surface area contributed by atoms with E-state index >= 15 is 0 Å². The van der Waals surface area contributed by atoms with Gasteiger partial charge in [-0.1, -0.05) is 17.7 Å². The minimum atomic E-state index is 0.705. The zero-order chi connectivity index (χ0) is 11.7. The molecule has 3 aromatic rings. The van der Waals surface area contributed by atoms with Crippen LogP contribution in [0.5, 0.6) is 0 Å². The Labute approximate surface area is 103 Å². The van der Waals surface area contributed by atoms with Crippen molar-refractivity contribution in [1.29, 1.82) is 0 Å². The molecule has 0 aliphatic carbocycles. The largest absolute Gasteiger partial charge is 0.346 e. The number of nitrogens with one attached hydrogen (secondary N) is 2. The molecule has 84 valence electrons. The molecular weight excluding hydrogens is 234 g/mol. The maximum absolute atomic E-state index is 5.92. The fraction of sp³-hybridized carbons (Fsp3) is 0. The van der Waals surface area contributed by atoms with E-state index in [4.69, 9.17) is 11.6 Å². The van der Waals surface area contributed by atoms with E-state index in [9.17, 15) is 0 Å². The first-order valence-corrected chi connectivity index (χ1v) is 5.66. The molecule has 0 atom stereocenters. The molecular formula is C13H10ClN3. The Morgan fingerprint density at radius 3 is 2.94 bits per heavy atom. The van der Waals surface area contributed by atoms with E-state index in [1.807, 2.05) is 48.7 Å². The summed E-state index contributed by atoms with van der Waals surface area (Å²) in [6.07, 6.45) is 1.88. The first kappa shape index (κ1) is 10.2. The average molecular weight is 244 g/mol. The van der Waals surface area contributed by atoms with Gasteiger partial charge in [0.2, 0.25) is 0 Å². The Kier molecular flexibility index (Phi) is 2.46. The third kappa shape index (κ3) is 2.10. The third-order valence-electron chi connectivity index (χ3n) is 2.51. The molecule has 4 heteroatoms. The van der Waals surface area contributed by atoms with Crippen LogP contribution in [0.1, 0.15) is 0 Å². The lowest BCUT2D eigenvalue weighted by molar-refractivity contribution is 1.31. The van der Waals surface area contributed by atoms with Crippen molar-refractivity contribution < 1.29 is 0 Å². The van der Waals surface area contributed by atoms with Gasteiger partial charge in [-0.2, -0.15) is 0 Å². The van der Waals surface area contributed by atoms with E-state index in [2.05, 4.69) is 15.3 Å². The van der Waals surface area contributed by atoms with Crippen molar-refractivity contribution in [3.8, 4) is 0 Å². The molecule has 2 aromatic heterocycles. The Balaban J connectivity index is 1.94. The Bertz CT molecular complexity index is 660. The van der Waals surface area contributed by atoms with Gasteiger partial charge in [0, 0.05) is 22.3 Å². The quantitative estimate of drug-likeness (QED) is 0.715. The summed E-state index contributed by atoms with van der Waals surface area (Å²) in [6.45, 7) is 0. The highest BCUT2D eigenvalue weighted by molar-refractivity contribution is 6.30. The van der Waals surface area contributed by atoms with Crippen LogP contribution in [0.2, 0.25) is 5.02 Å². The number of aromatic amines is 1. The Morgan fingerprint density at radius 1 is 1.12 bits per heavy atom. The van der Waals surface area contributed by atoms with Gasteiger partial charge in [0.05, 0.1) is 0 Å². The molecule has 1 aromatic carbocycles. The minimum absolute atomic E-state index is 0.705. The number of nitrogens with zero attached hydrogens (tertiary/aromatic N) is 1. The molecule has 3 nitrogen and oxygen atoms in total. The van der Waals surface area contributed by atoms with Crippen LogP contribution in [0.25, 0.3) is 11.0 Å². The molecule has 0 spiro atoms. The van der Waals surface area contributed by atoms with Crippen molar-refractivity contribution in [3.05, 3.63) is 53.7 Å². The summed E-state index contributed by atoms with van der Waals surface area (Å²) in [6, 6.07) is 13.5. The van der Waals surface area contributed by atoms with Crippen LogP contribution in [0.4, 0.5) is 11.5 Å². The number of aromatic nitrogens is 2. The van der Waals surface area contributed by atoms with E-state index in [1.54, 1.807) is 0 Å². The third-order valence-corrected chi connectivity index (χ3v) is 2.74. The number of anilines is 2. The van der Waals surface area contributed by atoms with Crippen LogP contribution in [-0.2, 0) is 0 Å². The van der Waals surface area contributed by atoms with E-state index in [1.165, 1.54) is 0 Å². The van der Waals surface area contributed by atoms with Crippen molar-refractivity contribution in [3.63, 3.8) is 0 Å². The smallest absolute Gasteiger partial charge is 0.139 e. The molecule has 2 heterocycles. The molecule has 2 N–H and O–H groups in total.